The van der Waals surface area contributed by atoms with Crippen molar-refractivity contribution < 1.29 is 14.6 Å². The molecule has 1 N–H and O–H groups in total. The predicted octanol–water partition coefficient (Wildman–Crippen LogP) is 0.882. The van der Waals surface area contributed by atoms with Crippen LogP contribution in [0.4, 0.5) is 0 Å². The molecule has 1 rings (SSSR count). The summed E-state index contributed by atoms with van der Waals surface area (Å²) in [7, 11) is 1.51. The van der Waals surface area contributed by atoms with E-state index in [-0.39, 0.29) is 12.0 Å². The Morgan fingerprint density at radius 1 is 1.27 bits per heavy atom. The monoisotopic (exact) mass is 212 g/mol. The fraction of sp³-hybridized carbons (Fsp3) is 0.600. The van der Waals surface area contributed by atoms with Gasteiger partial charge < -0.3 is 14.6 Å². The van der Waals surface area contributed by atoms with E-state index in [1.165, 1.54) is 19.5 Å². The molecule has 0 aromatic carbocycles. The van der Waals surface area contributed by atoms with Crippen LogP contribution in [0.25, 0.3) is 0 Å². The topological polar surface area (TPSA) is 64.5 Å². The molecule has 0 unspecified atom stereocenters. The first-order chi connectivity index (χ1) is 7.09. The lowest BCUT2D eigenvalue weighted by atomic mass is 9.97. The summed E-state index contributed by atoms with van der Waals surface area (Å²) in [6, 6.07) is 0. The number of ether oxygens (including phenoxy) is 2. The number of hydrogen-bond acceptors (Lipinski definition) is 5. The second kappa shape index (κ2) is 4.93. The molecule has 0 atom stereocenters. The Labute approximate surface area is 89.1 Å². The molecule has 0 spiro atoms. The molecule has 84 valence electrons. The molecule has 0 saturated carbocycles. The standard InChI is InChI=1S/C10H16N2O3/c1-10(2,6-13)7-15-9-8(14-3)11-4-5-12-9/h4-5,13H,6-7H2,1-3H3. The zero-order chi connectivity index (χ0) is 11.3. The number of aromatic nitrogens is 2. The summed E-state index contributed by atoms with van der Waals surface area (Å²) >= 11 is 0. The second-order valence-corrected chi connectivity index (χ2v) is 3.98. The maximum atomic E-state index is 9.05. The summed E-state index contributed by atoms with van der Waals surface area (Å²) in [6.45, 7) is 4.21. The SMILES string of the molecule is COc1nccnc1OCC(C)(C)CO. The molecular formula is C10H16N2O3. The van der Waals surface area contributed by atoms with Gasteiger partial charge in [0.1, 0.15) is 0 Å². The summed E-state index contributed by atoms with van der Waals surface area (Å²) in [5.74, 6) is 0.702. The minimum absolute atomic E-state index is 0.0512. The molecule has 15 heavy (non-hydrogen) atoms. The van der Waals surface area contributed by atoms with E-state index in [1.807, 2.05) is 13.8 Å². The van der Waals surface area contributed by atoms with Gasteiger partial charge in [-0.1, -0.05) is 13.8 Å². The minimum atomic E-state index is -0.303. The zero-order valence-electron chi connectivity index (χ0n) is 9.23. The summed E-state index contributed by atoms with van der Waals surface area (Å²) in [6.07, 6.45) is 3.06. The zero-order valence-corrected chi connectivity index (χ0v) is 9.23. The van der Waals surface area contributed by atoms with Crippen molar-refractivity contribution in [2.45, 2.75) is 13.8 Å². The highest BCUT2D eigenvalue weighted by Gasteiger charge is 2.19. The Morgan fingerprint density at radius 3 is 2.40 bits per heavy atom. The molecule has 0 bridgehead atoms. The largest absolute Gasteiger partial charge is 0.477 e. The number of rotatable bonds is 5. The van der Waals surface area contributed by atoms with E-state index in [1.54, 1.807) is 0 Å². The molecule has 5 heteroatoms. The molecule has 0 aliphatic rings. The van der Waals surface area contributed by atoms with E-state index in [2.05, 4.69) is 9.97 Å². The lowest BCUT2D eigenvalue weighted by Gasteiger charge is -2.21. The number of nitrogens with zero attached hydrogens (tertiary/aromatic N) is 2. The van der Waals surface area contributed by atoms with Crippen LogP contribution < -0.4 is 9.47 Å². The Morgan fingerprint density at radius 2 is 1.87 bits per heavy atom. The van der Waals surface area contributed by atoms with Gasteiger partial charge >= 0.3 is 0 Å². The van der Waals surface area contributed by atoms with E-state index in [9.17, 15) is 0 Å². The van der Waals surface area contributed by atoms with Crippen LogP contribution in [0, 0.1) is 5.41 Å². The Hall–Kier alpha value is -1.36. The van der Waals surface area contributed by atoms with E-state index in [0.29, 0.717) is 18.4 Å². The number of methoxy groups -OCH3 is 1. The molecule has 1 heterocycles. The third kappa shape index (κ3) is 3.36. The van der Waals surface area contributed by atoms with Gasteiger partial charge in [0.05, 0.1) is 20.3 Å². The Kier molecular flexibility index (Phi) is 3.85. The van der Waals surface area contributed by atoms with Crippen molar-refractivity contribution >= 4 is 0 Å². The first-order valence-corrected chi connectivity index (χ1v) is 4.68. The van der Waals surface area contributed by atoms with Crippen LogP contribution in [0.2, 0.25) is 0 Å². The molecule has 5 nitrogen and oxygen atoms in total. The van der Waals surface area contributed by atoms with Gasteiger partial charge in [0, 0.05) is 17.8 Å². The molecule has 0 aliphatic carbocycles. The van der Waals surface area contributed by atoms with Crippen LogP contribution in [-0.2, 0) is 0 Å². The van der Waals surface area contributed by atoms with Crippen LogP contribution in [-0.4, -0.2) is 35.4 Å². The average Bonchev–Trinajstić information content (AvgIpc) is 2.27. The lowest BCUT2D eigenvalue weighted by Crippen LogP contribution is -2.25. The van der Waals surface area contributed by atoms with Gasteiger partial charge in [0.15, 0.2) is 0 Å². The Balaban J connectivity index is 2.65. The van der Waals surface area contributed by atoms with Crippen LogP contribution in [0.15, 0.2) is 12.4 Å². The third-order valence-corrected chi connectivity index (χ3v) is 1.85. The van der Waals surface area contributed by atoms with Gasteiger partial charge in [-0.15, -0.1) is 0 Å². The highest BCUT2D eigenvalue weighted by Crippen LogP contribution is 2.22. The van der Waals surface area contributed by atoms with E-state index in [4.69, 9.17) is 14.6 Å². The fourth-order valence-corrected chi connectivity index (χ4v) is 0.861. The van der Waals surface area contributed by atoms with Gasteiger partial charge in [-0.25, -0.2) is 9.97 Å². The van der Waals surface area contributed by atoms with Gasteiger partial charge in [-0.05, 0) is 0 Å². The van der Waals surface area contributed by atoms with Crippen molar-refractivity contribution in [3.63, 3.8) is 0 Å². The van der Waals surface area contributed by atoms with Gasteiger partial charge in [0.2, 0.25) is 0 Å². The number of aliphatic hydroxyl groups excluding tert-OH is 1. The fourth-order valence-electron chi connectivity index (χ4n) is 0.861. The Bertz CT molecular complexity index is 315. The van der Waals surface area contributed by atoms with E-state index >= 15 is 0 Å². The number of hydrogen-bond donors (Lipinski definition) is 1. The maximum Gasteiger partial charge on any atom is 0.278 e. The van der Waals surface area contributed by atoms with Crippen LogP contribution >= 0.6 is 0 Å². The van der Waals surface area contributed by atoms with E-state index in [0.717, 1.165) is 0 Å². The quantitative estimate of drug-likeness (QED) is 0.785. The van der Waals surface area contributed by atoms with Crippen molar-refractivity contribution in [1.29, 1.82) is 0 Å². The van der Waals surface area contributed by atoms with Gasteiger partial charge in [-0.3, -0.25) is 0 Å². The van der Waals surface area contributed by atoms with Crippen molar-refractivity contribution in [3.8, 4) is 11.8 Å². The van der Waals surface area contributed by atoms with Crippen molar-refractivity contribution in [2.75, 3.05) is 20.3 Å². The molecule has 1 aromatic rings. The first kappa shape index (κ1) is 11.7. The lowest BCUT2D eigenvalue weighted by molar-refractivity contribution is 0.0927. The smallest absolute Gasteiger partial charge is 0.278 e. The first-order valence-electron chi connectivity index (χ1n) is 4.68. The van der Waals surface area contributed by atoms with Crippen LogP contribution in [0.1, 0.15) is 13.8 Å². The molecule has 0 aliphatic heterocycles. The molecule has 0 amide bonds. The minimum Gasteiger partial charge on any atom is -0.477 e. The van der Waals surface area contributed by atoms with Gasteiger partial charge in [0.25, 0.3) is 11.8 Å². The van der Waals surface area contributed by atoms with Crippen LogP contribution in [0.3, 0.4) is 0 Å². The summed E-state index contributed by atoms with van der Waals surface area (Å²) in [5.41, 5.74) is -0.303. The average molecular weight is 212 g/mol. The molecule has 0 radical (unpaired) electrons. The summed E-state index contributed by atoms with van der Waals surface area (Å²) < 4.78 is 10.4. The van der Waals surface area contributed by atoms with Crippen molar-refractivity contribution in [3.05, 3.63) is 12.4 Å². The second-order valence-electron chi connectivity index (χ2n) is 3.98. The highest BCUT2D eigenvalue weighted by atomic mass is 16.5. The summed E-state index contributed by atoms with van der Waals surface area (Å²) in [5, 5.41) is 9.05. The van der Waals surface area contributed by atoms with Crippen molar-refractivity contribution in [1.82, 2.24) is 9.97 Å². The van der Waals surface area contributed by atoms with Crippen LogP contribution in [0.5, 0.6) is 11.8 Å². The summed E-state index contributed by atoms with van der Waals surface area (Å²) in [4.78, 5) is 7.95. The number of aliphatic hydroxyl groups is 1. The van der Waals surface area contributed by atoms with Crippen molar-refractivity contribution in [2.24, 2.45) is 5.41 Å². The molecule has 0 fully saturated rings. The molecule has 1 aromatic heterocycles. The maximum absolute atomic E-state index is 9.05. The van der Waals surface area contributed by atoms with E-state index < -0.39 is 0 Å². The highest BCUT2D eigenvalue weighted by molar-refractivity contribution is 5.23. The molecular weight excluding hydrogens is 196 g/mol. The normalized spacial score (nSPS) is 11.2. The van der Waals surface area contributed by atoms with Gasteiger partial charge in [-0.2, -0.15) is 0 Å². The third-order valence-electron chi connectivity index (χ3n) is 1.85. The molecule has 0 saturated heterocycles. The predicted molar refractivity (Wildman–Crippen MR) is 54.9 cm³/mol.